The number of hydrogen-bond donors (Lipinski definition) is 0. The molecule has 3 atom stereocenters. The standard InChI is InChI=1S/C36H32N2O5S2/c1-45(41,42)37-19-23-8-2-3-9-26(23)33(21-37)43-24-15-17-25-22(18-24)14-16-31(25)34-35(39)38(36(40)44-34)20-32-29-12-6-4-10-27(29)28-11-5-7-13-30(28)32/h2-13,15,17-18,31-34H,14,16,19-21H2,1H3/t31-,33?,34?/m1/s1. The first-order chi connectivity index (χ1) is 21.8. The summed E-state index contributed by atoms with van der Waals surface area (Å²) >= 11 is 1.16. The summed E-state index contributed by atoms with van der Waals surface area (Å²) in [6.07, 6.45) is 2.37. The highest BCUT2D eigenvalue weighted by atomic mass is 32.2. The lowest BCUT2D eigenvalue weighted by Gasteiger charge is -2.33. The molecule has 45 heavy (non-hydrogen) atoms. The molecule has 0 spiro atoms. The number of rotatable bonds is 6. The number of hydrogen-bond acceptors (Lipinski definition) is 6. The van der Waals surface area contributed by atoms with Crippen molar-refractivity contribution >= 4 is 32.9 Å². The highest BCUT2D eigenvalue weighted by Crippen LogP contribution is 2.49. The van der Waals surface area contributed by atoms with Crippen molar-refractivity contribution in [1.82, 2.24) is 9.21 Å². The molecule has 8 rings (SSSR count). The minimum Gasteiger partial charge on any atom is -0.484 e. The summed E-state index contributed by atoms with van der Waals surface area (Å²) in [5.74, 6) is 0.472. The molecule has 4 aliphatic rings. The molecule has 0 N–H and O–H groups in total. The van der Waals surface area contributed by atoms with Crippen LogP contribution in [0.5, 0.6) is 5.75 Å². The summed E-state index contributed by atoms with van der Waals surface area (Å²) in [7, 11) is -3.38. The average Bonchev–Trinajstić information content (AvgIpc) is 3.68. The molecule has 0 bridgehead atoms. The Morgan fingerprint density at radius 1 is 0.822 bits per heavy atom. The number of amides is 2. The first-order valence-corrected chi connectivity index (χ1v) is 18.0. The predicted octanol–water partition coefficient (Wildman–Crippen LogP) is 6.49. The van der Waals surface area contributed by atoms with Gasteiger partial charge in [-0.25, -0.2) is 8.42 Å². The molecule has 2 unspecified atom stereocenters. The van der Waals surface area contributed by atoms with Crippen LogP contribution in [0.25, 0.3) is 11.1 Å². The molecule has 2 heterocycles. The van der Waals surface area contributed by atoms with Crippen LogP contribution in [0.3, 0.4) is 0 Å². The van der Waals surface area contributed by atoms with Gasteiger partial charge in [-0.3, -0.25) is 14.5 Å². The van der Waals surface area contributed by atoms with Gasteiger partial charge in [0.15, 0.2) is 0 Å². The molecule has 7 nitrogen and oxygen atoms in total. The first kappa shape index (κ1) is 28.5. The van der Waals surface area contributed by atoms with Crippen molar-refractivity contribution in [1.29, 1.82) is 0 Å². The largest absolute Gasteiger partial charge is 0.484 e. The van der Waals surface area contributed by atoms with Crippen molar-refractivity contribution in [2.24, 2.45) is 0 Å². The van der Waals surface area contributed by atoms with Gasteiger partial charge in [0, 0.05) is 24.9 Å². The van der Waals surface area contributed by atoms with Crippen molar-refractivity contribution < 1.29 is 22.7 Å². The van der Waals surface area contributed by atoms with Gasteiger partial charge in [-0.15, -0.1) is 0 Å². The normalized spacial score (nSPS) is 22.7. The quantitative estimate of drug-likeness (QED) is 0.241. The Kier molecular flexibility index (Phi) is 6.89. The molecule has 228 valence electrons. The number of thioether (sulfide) groups is 1. The van der Waals surface area contributed by atoms with E-state index in [2.05, 4.69) is 24.3 Å². The van der Waals surface area contributed by atoms with Crippen LogP contribution in [-0.4, -0.2) is 53.4 Å². The number of nitrogens with zero attached hydrogens (tertiary/aromatic N) is 2. The molecular formula is C36H32N2O5S2. The number of fused-ring (bicyclic) bond motifs is 5. The number of sulfonamides is 1. The van der Waals surface area contributed by atoms with E-state index in [1.807, 2.05) is 66.7 Å². The molecule has 0 aromatic heterocycles. The Labute approximate surface area is 267 Å². The zero-order valence-electron chi connectivity index (χ0n) is 24.8. The molecule has 0 radical (unpaired) electrons. The van der Waals surface area contributed by atoms with Gasteiger partial charge < -0.3 is 4.74 Å². The lowest BCUT2D eigenvalue weighted by molar-refractivity contribution is -0.127. The zero-order valence-corrected chi connectivity index (χ0v) is 26.4. The number of imide groups is 1. The molecule has 4 aromatic carbocycles. The van der Waals surface area contributed by atoms with Crippen molar-refractivity contribution in [2.45, 2.75) is 42.6 Å². The molecule has 4 aromatic rings. The number of benzene rings is 4. The van der Waals surface area contributed by atoms with Gasteiger partial charge in [0.05, 0.1) is 12.8 Å². The Morgan fingerprint density at radius 2 is 1.49 bits per heavy atom. The third kappa shape index (κ3) is 4.88. The maximum Gasteiger partial charge on any atom is 0.289 e. The van der Waals surface area contributed by atoms with E-state index in [1.165, 1.54) is 26.6 Å². The second-order valence-corrected chi connectivity index (χ2v) is 15.4. The molecular weight excluding hydrogens is 605 g/mol. The monoisotopic (exact) mass is 636 g/mol. The fourth-order valence-corrected chi connectivity index (χ4v) is 9.55. The lowest BCUT2D eigenvalue weighted by atomic mass is 9.94. The van der Waals surface area contributed by atoms with Gasteiger partial charge >= 0.3 is 0 Å². The Morgan fingerprint density at radius 3 is 2.20 bits per heavy atom. The Hall–Kier alpha value is -3.92. The van der Waals surface area contributed by atoms with E-state index in [0.717, 1.165) is 58.0 Å². The van der Waals surface area contributed by atoms with Crippen LogP contribution in [0.2, 0.25) is 0 Å². The van der Waals surface area contributed by atoms with Crippen molar-refractivity contribution in [2.75, 3.05) is 19.3 Å². The highest BCUT2D eigenvalue weighted by Gasteiger charge is 2.47. The molecule has 9 heteroatoms. The minimum atomic E-state index is -3.38. The maximum absolute atomic E-state index is 13.9. The number of carbonyl (C=O) groups excluding carboxylic acids is 2. The SMILES string of the molecule is CS(=O)(=O)N1Cc2ccccc2C(Oc2ccc3c(c2)CC[C@H]3C2SC(=O)N(CC3c4ccccc4-c4ccccc43)C2=O)C1. The van der Waals surface area contributed by atoms with Gasteiger partial charge in [-0.2, -0.15) is 4.31 Å². The van der Waals surface area contributed by atoms with Crippen molar-refractivity contribution in [3.63, 3.8) is 0 Å². The summed E-state index contributed by atoms with van der Waals surface area (Å²) < 4.78 is 32.7. The van der Waals surface area contributed by atoms with Gasteiger partial charge in [0.2, 0.25) is 15.9 Å². The lowest BCUT2D eigenvalue weighted by Crippen LogP contribution is -2.39. The van der Waals surface area contributed by atoms with Crippen LogP contribution >= 0.6 is 11.8 Å². The summed E-state index contributed by atoms with van der Waals surface area (Å²) in [4.78, 5) is 28.7. The van der Waals surface area contributed by atoms with Crippen LogP contribution in [0.1, 0.15) is 57.7 Å². The Balaban J connectivity index is 1.01. The number of carbonyl (C=O) groups is 2. The molecule has 2 amide bonds. The fourth-order valence-electron chi connectivity index (χ4n) is 7.59. The van der Waals surface area contributed by atoms with Gasteiger partial charge in [0.25, 0.3) is 5.24 Å². The van der Waals surface area contributed by atoms with E-state index >= 15 is 0 Å². The van der Waals surface area contributed by atoms with Crippen LogP contribution in [-0.2, 0) is 27.8 Å². The first-order valence-electron chi connectivity index (χ1n) is 15.3. The average molecular weight is 637 g/mol. The van der Waals surface area contributed by atoms with Gasteiger partial charge in [0.1, 0.15) is 17.1 Å². The summed E-state index contributed by atoms with van der Waals surface area (Å²) in [5, 5.41) is -0.627. The molecule has 1 fully saturated rings. The maximum atomic E-state index is 13.9. The highest BCUT2D eigenvalue weighted by molar-refractivity contribution is 8.15. The zero-order chi connectivity index (χ0) is 30.9. The number of ether oxygens (including phenoxy) is 1. The minimum absolute atomic E-state index is 0.0382. The molecule has 0 saturated carbocycles. The van der Waals surface area contributed by atoms with Crippen LogP contribution < -0.4 is 4.74 Å². The van der Waals surface area contributed by atoms with E-state index in [9.17, 15) is 18.0 Å². The second kappa shape index (κ2) is 10.9. The summed E-state index contributed by atoms with van der Waals surface area (Å²) in [6, 6.07) is 30.3. The van der Waals surface area contributed by atoms with E-state index < -0.39 is 21.4 Å². The topological polar surface area (TPSA) is 84.0 Å². The fraction of sp³-hybridized carbons (Fsp3) is 0.278. The molecule has 2 aliphatic heterocycles. The number of aryl methyl sites for hydroxylation is 1. The van der Waals surface area contributed by atoms with Crippen LogP contribution in [0, 0.1) is 0 Å². The van der Waals surface area contributed by atoms with Crippen LogP contribution in [0.4, 0.5) is 4.79 Å². The second-order valence-electron chi connectivity index (χ2n) is 12.3. The predicted molar refractivity (Wildman–Crippen MR) is 175 cm³/mol. The summed E-state index contributed by atoms with van der Waals surface area (Å²) in [6.45, 7) is 0.925. The van der Waals surface area contributed by atoms with Crippen LogP contribution in [0.15, 0.2) is 91.0 Å². The third-order valence-electron chi connectivity index (χ3n) is 9.75. The van der Waals surface area contributed by atoms with E-state index in [4.69, 9.17) is 4.74 Å². The summed E-state index contributed by atoms with van der Waals surface area (Å²) in [5.41, 5.74) is 8.79. The van der Waals surface area contributed by atoms with E-state index in [1.54, 1.807) is 0 Å². The van der Waals surface area contributed by atoms with E-state index in [0.29, 0.717) is 18.8 Å². The molecule has 1 saturated heterocycles. The van der Waals surface area contributed by atoms with Gasteiger partial charge in [-0.1, -0.05) is 90.6 Å². The molecule has 2 aliphatic carbocycles. The van der Waals surface area contributed by atoms with Crippen molar-refractivity contribution in [3.05, 3.63) is 124 Å². The third-order valence-corrected chi connectivity index (χ3v) is 12.2. The van der Waals surface area contributed by atoms with Gasteiger partial charge in [-0.05, 0) is 69.5 Å². The van der Waals surface area contributed by atoms with E-state index in [-0.39, 0.29) is 29.5 Å². The smallest absolute Gasteiger partial charge is 0.289 e. The van der Waals surface area contributed by atoms with Crippen molar-refractivity contribution in [3.8, 4) is 16.9 Å². The Bertz CT molecular complexity index is 1930.